The van der Waals surface area contributed by atoms with Gasteiger partial charge < -0.3 is 10.6 Å². The Morgan fingerprint density at radius 3 is 2.60 bits per heavy atom. The van der Waals surface area contributed by atoms with E-state index in [9.17, 15) is 9.59 Å². The molecular formula is C23H30N4O2S. The van der Waals surface area contributed by atoms with Gasteiger partial charge in [-0.1, -0.05) is 12.8 Å². The number of hydrogen-bond acceptors (Lipinski definition) is 5. The zero-order valence-electron chi connectivity index (χ0n) is 17.7. The first-order chi connectivity index (χ1) is 14.5. The molecule has 2 aliphatic carbocycles. The summed E-state index contributed by atoms with van der Waals surface area (Å²) < 4.78 is 0. The first kappa shape index (κ1) is 21.0. The summed E-state index contributed by atoms with van der Waals surface area (Å²) in [6.45, 7) is 4.08. The highest BCUT2D eigenvalue weighted by molar-refractivity contribution is 7.14. The zero-order chi connectivity index (χ0) is 21.1. The lowest BCUT2D eigenvalue weighted by molar-refractivity contribution is 0.0893. The third-order valence-electron chi connectivity index (χ3n) is 6.18. The fourth-order valence-corrected chi connectivity index (χ4v) is 5.29. The Hall–Kier alpha value is -2.28. The largest absolute Gasteiger partial charge is 0.349 e. The molecule has 2 heterocycles. The van der Waals surface area contributed by atoms with E-state index in [0.29, 0.717) is 29.5 Å². The highest BCUT2D eigenvalue weighted by Gasteiger charge is 2.28. The quantitative estimate of drug-likeness (QED) is 0.672. The van der Waals surface area contributed by atoms with Crippen molar-refractivity contribution in [3.8, 4) is 0 Å². The van der Waals surface area contributed by atoms with Crippen LogP contribution in [0.2, 0.25) is 0 Å². The van der Waals surface area contributed by atoms with Gasteiger partial charge in [0.25, 0.3) is 11.8 Å². The Bertz CT molecular complexity index is 916. The number of amides is 2. The summed E-state index contributed by atoms with van der Waals surface area (Å²) in [6, 6.07) is 3.91. The normalized spacial score (nSPS) is 17.7. The van der Waals surface area contributed by atoms with E-state index in [1.807, 2.05) is 19.9 Å². The smallest absolute Gasteiger partial charge is 0.261 e. The summed E-state index contributed by atoms with van der Waals surface area (Å²) in [7, 11) is 0. The maximum atomic E-state index is 12.9. The minimum absolute atomic E-state index is 0.0471. The van der Waals surface area contributed by atoms with Crippen LogP contribution in [0.15, 0.2) is 18.3 Å². The molecule has 1 atom stereocenters. The highest BCUT2D eigenvalue weighted by Crippen LogP contribution is 2.34. The topological polar surface area (TPSA) is 84.0 Å². The van der Waals surface area contributed by atoms with E-state index < -0.39 is 0 Å². The summed E-state index contributed by atoms with van der Waals surface area (Å²) in [5, 5.41) is 6.22. The van der Waals surface area contributed by atoms with Crippen molar-refractivity contribution in [2.24, 2.45) is 11.8 Å². The van der Waals surface area contributed by atoms with Gasteiger partial charge in [0.15, 0.2) is 0 Å². The fourth-order valence-electron chi connectivity index (χ4n) is 4.25. The number of rotatable bonds is 8. The maximum Gasteiger partial charge on any atom is 0.261 e. The van der Waals surface area contributed by atoms with Crippen LogP contribution >= 0.6 is 11.3 Å². The Labute approximate surface area is 181 Å². The van der Waals surface area contributed by atoms with Crippen molar-refractivity contribution in [3.05, 3.63) is 45.2 Å². The van der Waals surface area contributed by atoms with Gasteiger partial charge in [-0.3, -0.25) is 9.59 Å². The molecule has 2 N–H and O–H groups in total. The van der Waals surface area contributed by atoms with E-state index in [1.165, 1.54) is 30.6 Å². The zero-order valence-corrected chi connectivity index (χ0v) is 18.6. The molecule has 160 valence electrons. The lowest BCUT2D eigenvalue weighted by Crippen LogP contribution is -2.47. The van der Waals surface area contributed by atoms with E-state index in [4.69, 9.17) is 0 Å². The van der Waals surface area contributed by atoms with Crippen LogP contribution in [0.5, 0.6) is 0 Å². The second-order valence-electron chi connectivity index (χ2n) is 8.66. The van der Waals surface area contributed by atoms with Gasteiger partial charge in [0.05, 0.1) is 16.1 Å². The number of aromatic nitrogens is 2. The van der Waals surface area contributed by atoms with Crippen LogP contribution in [0.25, 0.3) is 0 Å². The number of carbonyl (C=O) groups is 2. The molecule has 2 aromatic rings. The van der Waals surface area contributed by atoms with Crippen LogP contribution in [-0.4, -0.2) is 34.4 Å². The van der Waals surface area contributed by atoms with Crippen molar-refractivity contribution in [2.75, 3.05) is 6.54 Å². The van der Waals surface area contributed by atoms with Crippen molar-refractivity contribution >= 4 is 23.2 Å². The predicted molar refractivity (Wildman–Crippen MR) is 118 cm³/mol. The van der Waals surface area contributed by atoms with Crippen LogP contribution in [0.4, 0.5) is 0 Å². The average Bonchev–Trinajstić information content (AvgIpc) is 3.17. The summed E-state index contributed by atoms with van der Waals surface area (Å²) in [4.78, 5) is 36.1. The third kappa shape index (κ3) is 5.25. The molecule has 2 aromatic heterocycles. The van der Waals surface area contributed by atoms with Gasteiger partial charge in [0.2, 0.25) is 0 Å². The summed E-state index contributed by atoms with van der Waals surface area (Å²) in [5.74, 6) is 1.64. The summed E-state index contributed by atoms with van der Waals surface area (Å²) in [6.07, 6.45) is 9.81. The molecule has 7 heteroatoms. The Balaban J connectivity index is 1.38. The van der Waals surface area contributed by atoms with Gasteiger partial charge in [-0.25, -0.2) is 9.97 Å². The second kappa shape index (κ2) is 9.25. The van der Waals surface area contributed by atoms with E-state index in [2.05, 4.69) is 26.7 Å². The van der Waals surface area contributed by atoms with E-state index in [1.54, 1.807) is 17.5 Å². The standard InChI is InChI=1S/C23H30N4O2S/c1-14-19(12-24-15(2)26-14)22(28)27-20(17-5-3-4-6-17)13-25-23(29)21-10-9-18(30-21)11-16-7-8-16/h9-10,12,16-17,20H,3-8,11,13H2,1-2H3,(H,25,29)(H,27,28). The van der Waals surface area contributed by atoms with Crippen LogP contribution in [-0.2, 0) is 6.42 Å². The number of carbonyl (C=O) groups excluding carboxylic acids is 2. The fraction of sp³-hybridized carbons (Fsp3) is 0.565. The molecule has 4 rings (SSSR count). The lowest BCUT2D eigenvalue weighted by atomic mass is 9.97. The predicted octanol–water partition coefficient (Wildman–Crippen LogP) is 3.83. The Morgan fingerprint density at radius 2 is 1.90 bits per heavy atom. The number of nitrogens with one attached hydrogen (secondary N) is 2. The van der Waals surface area contributed by atoms with Crippen LogP contribution < -0.4 is 10.6 Å². The molecule has 0 spiro atoms. The van der Waals surface area contributed by atoms with Crippen LogP contribution in [0.1, 0.15) is 75.0 Å². The van der Waals surface area contributed by atoms with Gasteiger partial charge in [-0.15, -0.1) is 11.3 Å². The lowest BCUT2D eigenvalue weighted by Gasteiger charge is -2.25. The number of thiophene rings is 1. The number of hydrogen-bond donors (Lipinski definition) is 2. The maximum absolute atomic E-state index is 12.9. The van der Waals surface area contributed by atoms with E-state index >= 15 is 0 Å². The first-order valence-corrected chi connectivity index (χ1v) is 11.8. The molecule has 1 unspecified atom stereocenters. The van der Waals surface area contributed by atoms with Crippen molar-refractivity contribution in [2.45, 2.75) is 64.8 Å². The van der Waals surface area contributed by atoms with Crippen molar-refractivity contribution < 1.29 is 9.59 Å². The molecule has 0 radical (unpaired) electrons. The molecule has 0 saturated heterocycles. The van der Waals surface area contributed by atoms with Gasteiger partial charge in [0, 0.05) is 23.7 Å². The van der Waals surface area contributed by atoms with Crippen molar-refractivity contribution in [3.63, 3.8) is 0 Å². The molecule has 0 aliphatic heterocycles. The molecule has 2 aliphatic rings. The highest BCUT2D eigenvalue weighted by atomic mass is 32.1. The second-order valence-corrected chi connectivity index (χ2v) is 9.83. The van der Waals surface area contributed by atoms with Gasteiger partial charge in [-0.2, -0.15) is 0 Å². The van der Waals surface area contributed by atoms with Gasteiger partial charge in [-0.05, 0) is 69.9 Å². The molecule has 2 amide bonds. The van der Waals surface area contributed by atoms with Gasteiger partial charge >= 0.3 is 0 Å². The summed E-state index contributed by atoms with van der Waals surface area (Å²) in [5.41, 5.74) is 1.17. The molecule has 0 aromatic carbocycles. The van der Waals surface area contributed by atoms with Gasteiger partial charge in [0.1, 0.15) is 5.82 Å². The molecule has 2 fully saturated rings. The first-order valence-electron chi connectivity index (χ1n) is 11.0. The van der Waals surface area contributed by atoms with E-state index in [0.717, 1.165) is 30.1 Å². The number of nitrogens with zero attached hydrogens (tertiary/aromatic N) is 2. The SMILES string of the molecule is Cc1ncc(C(=O)NC(CNC(=O)c2ccc(CC3CC3)s2)C2CCCC2)c(C)n1. The third-order valence-corrected chi connectivity index (χ3v) is 7.29. The minimum Gasteiger partial charge on any atom is -0.349 e. The molecule has 6 nitrogen and oxygen atoms in total. The van der Waals surface area contributed by atoms with Crippen LogP contribution in [0.3, 0.4) is 0 Å². The van der Waals surface area contributed by atoms with Crippen LogP contribution in [0, 0.1) is 25.7 Å². The molecule has 0 bridgehead atoms. The van der Waals surface area contributed by atoms with E-state index in [-0.39, 0.29) is 17.9 Å². The molecule has 30 heavy (non-hydrogen) atoms. The van der Waals surface area contributed by atoms with Crippen molar-refractivity contribution in [1.82, 2.24) is 20.6 Å². The van der Waals surface area contributed by atoms with Crippen molar-refractivity contribution in [1.29, 1.82) is 0 Å². The monoisotopic (exact) mass is 426 g/mol. The number of aryl methyl sites for hydroxylation is 2. The minimum atomic E-state index is -0.165. The Kier molecular flexibility index (Phi) is 6.46. The molecular weight excluding hydrogens is 396 g/mol. The molecule has 2 saturated carbocycles. The Morgan fingerprint density at radius 1 is 1.13 bits per heavy atom. The average molecular weight is 427 g/mol. The summed E-state index contributed by atoms with van der Waals surface area (Å²) >= 11 is 1.59.